The average Bonchev–Trinajstić information content (AvgIpc) is 2.22. The second-order valence-electron chi connectivity index (χ2n) is 3.77. The van der Waals surface area contributed by atoms with Gasteiger partial charge >= 0.3 is 0 Å². The summed E-state index contributed by atoms with van der Waals surface area (Å²) in [6, 6.07) is 9.07. The topological polar surface area (TPSA) is 12.0 Å². The van der Waals surface area contributed by atoms with Crippen molar-refractivity contribution < 1.29 is 0 Å². The smallest absolute Gasteiger partial charge is 0.0424 e. The molecule has 0 aromatic heterocycles. The summed E-state index contributed by atoms with van der Waals surface area (Å²) in [5.74, 6) is 0. The van der Waals surface area contributed by atoms with Gasteiger partial charge in [-0.1, -0.05) is 29.5 Å². The molecular weight excluding hydrogens is 202 g/mol. The van der Waals surface area contributed by atoms with Gasteiger partial charge in [0, 0.05) is 15.8 Å². The normalized spacial score (nSPS) is 19.6. The van der Waals surface area contributed by atoms with E-state index in [4.69, 9.17) is 0 Å². The number of rotatable bonds is 2. The largest absolute Gasteiger partial charge is 0.385 e. The maximum absolute atomic E-state index is 3.24. The standard InChI is InChI=1S/C13H15NS/c1-10-3-5-12(6-4-10)15-13-7-8-14-11(2)9-13/h3-9,11,14H,1-2H3. The summed E-state index contributed by atoms with van der Waals surface area (Å²) in [5.41, 5.74) is 1.31. The lowest BCUT2D eigenvalue weighted by molar-refractivity contribution is 0.759. The Kier molecular flexibility index (Phi) is 3.17. The Morgan fingerprint density at radius 3 is 2.60 bits per heavy atom. The van der Waals surface area contributed by atoms with Crippen molar-refractivity contribution in [1.82, 2.24) is 5.32 Å². The second-order valence-corrected chi connectivity index (χ2v) is 4.92. The highest BCUT2D eigenvalue weighted by Crippen LogP contribution is 2.28. The Bertz CT molecular complexity index is 390. The molecule has 1 unspecified atom stereocenters. The van der Waals surface area contributed by atoms with Crippen molar-refractivity contribution in [3.8, 4) is 0 Å². The number of nitrogens with one attached hydrogen (secondary N) is 1. The minimum Gasteiger partial charge on any atom is -0.385 e. The summed E-state index contributed by atoms with van der Waals surface area (Å²) < 4.78 is 0. The van der Waals surface area contributed by atoms with Crippen LogP contribution in [0.5, 0.6) is 0 Å². The van der Waals surface area contributed by atoms with Crippen LogP contribution in [0.1, 0.15) is 12.5 Å². The summed E-state index contributed by atoms with van der Waals surface area (Å²) in [5, 5.41) is 3.24. The average molecular weight is 217 g/mol. The molecule has 2 rings (SSSR count). The molecule has 0 fully saturated rings. The Labute approximate surface area is 95.3 Å². The van der Waals surface area contributed by atoms with Crippen molar-refractivity contribution in [3.63, 3.8) is 0 Å². The van der Waals surface area contributed by atoms with E-state index < -0.39 is 0 Å². The molecule has 0 saturated heterocycles. The van der Waals surface area contributed by atoms with Crippen molar-refractivity contribution in [3.05, 3.63) is 53.1 Å². The molecule has 1 aromatic carbocycles. The quantitative estimate of drug-likeness (QED) is 0.814. The third-order valence-corrected chi connectivity index (χ3v) is 3.29. The summed E-state index contributed by atoms with van der Waals surface area (Å²) >= 11 is 1.81. The molecule has 0 spiro atoms. The summed E-state index contributed by atoms with van der Waals surface area (Å²) in [6.07, 6.45) is 6.37. The third kappa shape index (κ3) is 2.90. The van der Waals surface area contributed by atoms with Gasteiger partial charge < -0.3 is 5.32 Å². The zero-order chi connectivity index (χ0) is 10.7. The van der Waals surface area contributed by atoms with Crippen LogP contribution in [0.25, 0.3) is 0 Å². The first-order valence-electron chi connectivity index (χ1n) is 5.13. The van der Waals surface area contributed by atoms with Crippen LogP contribution >= 0.6 is 11.8 Å². The minimum atomic E-state index is 0.433. The van der Waals surface area contributed by atoms with Crippen molar-refractivity contribution in [2.75, 3.05) is 0 Å². The Balaban J connectivity index is 2.09. The van der Waals surface area contributed by atoms with Crippen LogP contribution in [0.3, 0.4) is 0 Å². The van der Waals surface area contributed by atoms with Crippen molar-refractivity contribution in [2.45, 2.75) is 24.8 Å². The number of hydrogen-bond donors (Lipinski definition) is 1. The number of dihydropyridines is 1. The maximum atomic E-state index is 3.24. The van der Waals surface area contributed by atoms with E-state index in [2.05, 4.69) is 55.6 Å². The fourth-order valence-corrected chi connectivity index (χ4v) is 2.40. The number of thioether (sulfide) groups is 1. The predicted molar refractivity (Wildman–Crippen MR) is 66.9 cm³/mol. The highest BCUT2D eigenvalue weighted by atomic mass is 32.2. The van der Waals surface area contributed by atoms with Gasteiger partial charge in [-0.15, -0.1) is 0 Å². The van der Waals surface area contributed by atoms with Gasteiger partial charge in [-0.3, -0.25) is 0 Å². The predicted octanol–water partition coefficient (Wildman–Crippen LogP) is 3.48. The lowest BCUT2D eigenvalue weighted by Crippen LogP contribution is -2.20. The molecule has 1 aromatic rings. The second kappa shape index (κ2) is 4.58. The Morgan fingerprint density at radius 2 is 1.93 bits per heavy atom. The van der Waals surface area contributed by atoms with Gasteiger partial charge in [0.1, 0.15) is 0 Å². The SMILES string of the molecule is Cc1ccc(SC2=CC(C)NC=C2)cc1. The summed E-state index contributed by atoms with van der Waals surface area (Å²) in [7, 11) is 0. The molecule has 1 aliphatic heterocycles. The highest BCUT2D eigenvalue weighted by Gasteiger charge is 2.04. The van der Waals surface area contributed by atoms with Gasteiger partial charge in [-0.05, 0) is 44.3 Å². The summed E-state index contributed by atoms with van der Waals surface area (Å²) in [4.78, 5) is 2.61. The molecule has 1 N–H and O–H groups in total. The minimum absolute atomic E-state index is 0.433. The Morgan fingerprint density at radius 1 is 1.20 bits per heavy atom. The van der Waals surface area contributed by atoms with E-state index in [1.807, 2.05) is 18.0 Å². The van der Waals surface area contributed by atoms with E-state index in [0.29, 0.717) is 6.04 Å². The molecule has 15 heavy (non-hydrogen) atoms. The molecule has 1 aliphatic rings. The molecule has 2 heteroatoms. The van der Waals surface area contributed by atoms with Crippen LogP contribution in [0.2, 0.25) is 0 Å². The van der Waals surface area contributed by atoms with E-state index in [0.717, 1.165) is 0 Å². The Hall–Kier alpha value is -1.15. The monoisotopic (exact) mass is 217 g/mol. The van der Waals surface area contributed by atoms with Gasteiger partial charge in [0.05, 0.1) is 0 Å². The lowest BCUT2D eigenvalue weighted by atomic mass is 10.2. The van der Waals surface area contributed by atoms with Gasteiger partial charge in [0.25, 0.3) is 0 Å². The van der Waals surface area contributed by atoms with Gasteiger partial charge in [0.2, 0.25) is 0 Å². The summed E-state index contributed by atoms with van der Waals surface area (Å²) in [6.45, 7) is 4.26. The molecule has 0 amide bonds. The fourth-order valence-electron chi connectivity index (χ4n) is 1.44. The van der Waals surface area contributed by atoms with Crippen LogP contribution in [-0.4, -0.2) is 6.04 Å². The number of allylic oxidation sites excluding steroid dienone is 1. The van der Waals surface area contributed by atoms with Crippen LogP contribution in [0.4, 0.5) is 0 Å². The van der Waals surface area contributed by atoms with Gasteiger partial charge in [-0.25, -0.2) is 0 Å². The highest BCUT2D eigenvalue weighted by molar-refractivity contribution is 8.03. The van der Waals surface area contributed by atoms with Gasteiger partial charge in [0.15, 0.2) is 0 Å². The van der Waals surface area contributed by atoms with E-state index >= 15 is 0 Å². The molecule has 0 radical (unpaired) electrons. The first-order chi connectivity index (χ1) is 7.24. The first-order valence-corrected chi connectivity index (χ1v) is 5.94. The molecule has 1 heterocycles. The molecule has 0 saturated carbocycles. The maximum Gasteiger partial charge on any atom is 0.0424 e. The fraction of sp³-hybridized carbons (Fsp3) is 0.231. The van der Waals surface area contributed by atoms with Crippen LogP contribution in [0, 0.1) is 6.92 Å². The number of benzene rings is 1. The van der Waals surface area contributed by atoms with Crippen LogP contribution in [0.15, 0.2) is 52.4 Å². The number of aryl methyl sites for hydroxylation is 1. The van der Waals surface area contributed by atoms with Crippen molar-refractivity contribution in [2.24, 2.45) is 0 Å². The van der Waals surface area contributed by atoms with E-state index in [1.165, 1.54) is 15.4 Å². The molecule has 0 aliphatic carbocycles. The lowest BCUT2D eigenvalue weighted by Gasteiger charge is -2.14. The van der Waals surface area contributed by atoms with E-state index in [9.17, 15) is 0 Å². The van der Waals surface area contributed by atoms with E-state index in [1.54, 1.807) is 0 Å². The van der Waals surface area contributed by atoms with Crippen molar-refractivity contribution >= 4 is 11.8 Å². The third-order valence-electron chi connectivity index (χ3n) is 2.28. The van der Waals surface area contributed by atoms with Gasteiger partial charge in [-0.2, -0.15) is 0 Å². The zero-order valence-electron chi connectivity index (χ0n) is 9.03. The van der Waals surface area contributed by atoms with Crippen LogP contribution < -0.4 is 5.32 Å². The zero-order valence-corrected chi connectivity index (χ0v) is 9.84. The van der Waals surface area contributed by atoms with Crippen molar-refractivity contribution in [1.29, 1.82) is 0 Å². The molecule has 78 valence electrons. The molecule has 1 nitrogen and oxygen atoms in total. The number of hydrogen-bond acceptors (Lipinski definition) is 2. The molecule has 1 atom stereocenters. The van der Waals surface area contributed by atoms with Crippen LogP contribution in [-0.2, 0) is 0 Å². The molecule has 0 bridgehead atoms. The first kappa shape index (κ1) is 10.4. The molecular formula is C13H15NS. The van der Waals surface area contributed by atoms with E-state index in [-0.39, 0.29) is 0 Å².